The smallest absolute Gasteiger partial charge is 0.150 e. The summed E-state index contributed by atoms with van der Waals surface area (Å²) >= 11 is 1.77. The molecule has 1 aromatic heterocycles. The molecule has 120 valence electrons. The van der Waals surface area contributed by atoms with Crippen molar-refractivity contribution >= 4 is 21.2 Å². The molecule has 6 heteroatoms. The van der Waals surface area contributed by atoms with Crippen molar-refractivity contribution in [1.29, 1.82) is 0 Å². The van der Waals surface area contributed by atoms with E-state index < -0.39 is 9.84 Å². The first kappa shape index (κ1) is 16.9. The Labute approximate surface area is 132 Å². The minimum atomic E-state index is -2.79. The van der Waals surface area contributed by atoms with Crippen LogP contribution in [0.2, 0.25) is 0 Å². The molecule has 1 unspecified atom stereocenters. The van der Waals surface area contributed by atoms with Crippen LogP contribution in [-0.2, 0) is 15.3 Å². The van der Waals surface area contributed by atoms with Crippen molar-refractivity contribution in [3.8, 4) is 0 Å². The van der Waals surface area contributed by atoms with E-state index in [1.54, 1.807) is 11.3 Å². The van der Waals surface area contributed by atoms with Crippen LogP contribution >= 0.6 is 11.3 Å². The van der Waals surface area contributed by atoms with Crippen LogP contribution in [0, 0.1) is 6.92 Å². The summed E-state index contributed by atoms with van der Waals surface area (Å²) in [6, 6.07) is 0.521. The summed E-state index contributed by atoms with van der Waals surface area (Å²) in [6.45, 7) is 10.7. The van der Waals surface area contributed by atoms with Crippen LogP contribution in [0.1, 0.15) is 62.2 Å². The quantitative estimate of drug-likeness (QED) is 0.925. The van der Waals surface area contributed by atoms with Crippen LogP contribution in [0.15, 0.2) is 0 Å². The highest BCUT2D eigenvalue weighted by Gasteiger charge is 2.27. The van der Waals surface area contributed by atoms with Crippen molar-refractivity contribution in [3.05, 3.63) is 15.6 Å². The van der Waals surface area contributed by atoms with Gasteiger partial charge in [-0.3, -0.25) is 0 Å². The average Bonchev–Trinajstić information content (AvgIpc) is 2.74. The van der Waals surface area contributed by atoms with E-state index in [4.69, 9.17) is 4.98 Å². The van der Waals surface area contributed by atoms with Crippen molar-refractivity contribution in [3.63, 3.8) is 0 Å². The lowest BCUT2D eigenvalue weighted by atomic mass is 9.98. The fourth-order valence-corrected chi connectivity index (χ4v) is 5.24. The second-order valence-electron chi connectivity index (χ2n) is 7.03. The molecule has 1 saturated heterocycles. The normalized spacial score (nSPS) is 21.4. The molecule has 2 rings (SSSR count). The molecule has 0 bridgehead atoms. The van der Waals surface area contributed by atoms with E-state index in [-0.39, 0.29) is 11.5 Å². The SMILES string of the molecule is Cc1nc(C(C)(C)C)sc1C(C)NC1CCS(=O)(=O)CC1. The molecular weight excluding hydrogens is 304 g/mol. The van der Waals surface area contributed by atoms with E-state index in [1.165, 1.54) is 4.88 Å². The van der Waals surface area contributed by atoms with Gasteiger partial charge in [0.1, 0.15) is 9.84 Å². The summed E-state index contributed by atoms with van der Waals surface area (Å²) in [5.74, 6) is 0.624. The highest BCUT2D eigenvalue weighted by Crippen LogP contribution is 2.33. The number of aromatic nitrogens is 1. The van der Waals surface area contributed by atoms with E-state index in [0.29, 0.717) is 17.5 Å². The molecule has 0 saturated carbocycles. The summed E-state index contributed by atoms with van der Waals surface area (Å²) < 4.78 is 23.0. The summed E-state index contributed by atoms with van der Waals surface area (Å²) in [5, 5.41) is 4.75. The Bertz CT molecular complexity index is 586. The number of nitrogens with zero attached hydrogens (tertiary/aromatic N) is 1. The molecule has 0 amide bonds. The Morgan fingerprint density at radius 1 is 1.29 bits per heavy atom. The molecular formula is C15H26N2O2S2. The lowest BCUT2D eigenvalue weighted by Gasteiger charge is -2.26. The molecule has 1 aliphatic rings. The molecule has 2 heterocycles. The lowest BCUT2D eigenvalue weighted by molar-refractivity contribution is 0.422. The summed E-state index contributed by atoms with van der Waals surface area (Å²) in [5.41, 5.74) is 1.17. The van der Waals surface area contributed by atoms with Gasteiger partial charge in [0.2, 0.25) is 0 Å². The number of rotatable bonds is 3. The predicted molar refractivity (Wildman–Crippen MR) is 88.8 cm³/mol. The lowest BCUT2D eigenvalue weighted by Crippen LogP contribution is -2.38. The molecule has 0 spiro atoms. The van der Waals surface area contributed by atoms with Crippen LogP contribution in [0.25, 0.3) is 0 Å². The van der Waals surface area contributed by atoms with Crippen LogP contribution in [0.4, 0.5) is 0 Å². The van der Waals surface area contributed by atoms with Gasteiger partial charge in [-0.15, -0.1) is 11.3 Å². The van der Waals surface area contributed by atoms with Crippen LogP contribution < -0.4 is 5.32 Å². The van der Waals surface area contributed by atoms with Gasteiger partial charge in [0.15, 0.2) is 0 Å². The van der Waals surface area contributed by atoms with Crippen molar-refractivity contribution in [1.82, 2.24) is 10.3 Å². The Morgan fingerprint density at radius 3 is 2.33 bits per heavy atom. The molecule has 1 fully saturated rings. The van der Waals surface area contributed by atoms with Crippen molar-refractivity contribution in [2.45, 2.75) is 65.0 Å². The van der Waals surface area contributed by atoms with Gasteiger partial charge in [-0.1, -0.05) is 20.8 Å². The number of thiazole rings is 1. The van der Waals surface area contributed by atoms with Crippen LogP contribution in [-0.4, -0.2) is 30.9 Å². The highest BCUT2D eigenvalue weighted by molar-refractivity contribution is 7.91. The summed E-state index contributed by atoms with van der Waals surface area (Å²) in [4.78, 5) is 5.97. The molecule has 1 atom stereocenters. The summed E-state index contributed by atoms with van der Waals surface area (Å²) in [7, 11) is -2.79. The number of nitrogens with one attached hydrogen (secondary N) is 1. The standard InChI is InChI=1S/C15H26N2O2S2/c1-10(16-12-6-8-21(18,19)9-7-12)13-11(2)17-14(20-13)15(3,4)5/h10,12,16H,6-9H2,1-5H3. The van der Waals surface area contributed by atoms with E-state index in [9.17, 15) is 8.42 Å². The average molecular weight is 331 g/mol. The monoisotopic (exact) mass is 330 g/mol. The molecule has 1 aliphatic heterocycles. The molecule has 0 radical (unpaired) electrons. The molecule has 4 nitrogen and oxygen atoms in total. The van der Waals surface area contributed by atoms with Gasteiger partial charge in [-0.05, 0) is 26.7 Å². The topological polar surface area (TPSA) is 59.1 Å². The zero-order valence-corrected chi connectivity index (χ0v) is 15.2. The maximum absolute atomic E-state index is 11.5. The van der Waals surface area contributed by atoms with E-state index in [1.807, 2.05) is 0 Å². The maximum Gasteiger partial charge on any atom is 0.150 e. The fourth-order valence-electron chi connectivity index (χ4n) is 2.62. The third-order valence-corrected chi connectivity index (χ3v) is 7.39. The highest BCUT2D eigenvalue weighted by atomic mass is 32.2. The summed E-state index contributed by atoms with van der Waals surface area (Å²) in [6.07, 6.45) is 1.44. The van der Waals surface area contributed by atoms with Gasteiger partial charge in [-0.25, -0.2) is 13.4 Å². The van der Waals surface area contributed by atoms with Gasteiger partial charge < -0.3 is 5.32 Å². The molecule has 1 N–H and O–H groups in total. The third-order valence-electron chi connectivity index (χ3n) is 3.91. The van der Waals surface area contributed by atoms with E-state index in [0.717, 1.165) is 23.5 Å². The van der Waals surface area contributed by atoms with Gasteiger partial charge in [-0.2, -0.15) is 0 Å². The van der Waals surface area contributed by atoms with Gasteiger partial charge >= 0.3 is 0 Å². The minimum Gasteiger partial charge on any atom is -0.307 e. The maximum atomic E-state index is 11.5. The molecule has 0 aromatic carbocycles. The number of hydrogen-bond donors (Lipinski definition) is 1. The van der Waals surface area contributed by atoms with E-state index >= 15 is 0 Å². The largest absolute Gasteiger partial charge is 0.307 e. The molecule has 0 aliphatic carbocycles. The second-order valence-corrected chi connectivity index (χ2v) is 10.4. The van der Waals surface area contributed by atoms with Gasteiger partial charge in [0.25, 0.3) is 0 Å². The predicted octanol–water partition coefficient (Wildman–Crippen LogP) is 2.98. The minimum absolute atomic E-state index is 0.0757. The zero-order valence-electron chi connectivity index (χ0n) is 13.6. The Balaban J connectivity index is 2.04. The first-order chi connectivity index (χ1) is 9.58. The van der Waals surface area contributed by atoms with Crippen LogP contribution in [0.3, 0.4) is 0 Å². The Hall–Kier alpha value is -0.460. The Kier molecular flexibility index (Phi) is 4.81. The van der Waals surface area contributed by atoms with E-state index in [2.05, 4.69) is 39.9 Å². The number of hydrogen-bond acceptors (Lipinski definition) is 5. The van der Waals surface area contributed by atoms with Crippen molar-refractivity contribution < 1.29 is 8.42 Å². The van der Waals surface area contributed by atoms with Crippen molar-refractivity contribution in [2.75, 3.05) is 11.5 Å². The molecule has 21 heavy (non-hydrogen) atoms. The first-order valence-electron chi connectivity index (χ1n) is 7.53. The van der Waals surface area contributed by atoms with Crippen LogP contribution in [0.5, 0.6) is 0 Å². The zero-order chi connectivity index (χ0) is 15.8. The third kappa shape index (κ3) is 4.27. The second kappa shape index (κ2) is 5.97. The first-order valence-corrected chi connectivity index (χ1v) is 10.2. The fraction of sp³-hybridized carbons (Fsp3) is 0.800. The van der Waals surface area contributed by atoms with Gasteiger partial charge in [0.05, 0.1) is 22.2 Å². The van der Waals surface area contributed by atoms with Crippen molar-refractivity contribution in [2.24, 2.45) is 0 Å². The number of sulfone groups is 1. The number of aryl methyl sites for hydroxylation is 1. The molecule has 1 aromatic rings. The Morgan fingerprint density at radius 2 is 1.86 bits per heavy atom. The van der Waals surface area contributed by atoms with Gasteiger partial charge in [0, 0.05) is 22.4 Å².